The summed E-state index contributed by atoms with van der Waals surface area (Å²) >= 11 is 6.87. The van der Waals surface area contributed by atoms with Gasteiger partial charge in [0.2, 0.25) is 0 Å². The van der Waals surface area contributed by atoms with Gasteiger partial charge in [-0.2, -0.15) is 5.10 Å². The minimum absolute atomic E-state index is 0.302. The van der Waals surface area contributed by atoms with Gasteiger partial charge in [0, 0.05) is 62.3 Å². The standard InChI is InChI=1S/C24H27ClFN7O/c1-14-8-31(4-3-27-14)18-6-19(25)22-21(7-18)33(10-16-12-34-13-16)30-23(22)29-17-5-20(26)24-28-15(2)9-32(24)11-17/h5-7,9,11,14,16,27H,3-4,8,10,12-13H2,1-2H3,(H,29,30). The predicted molar refractivity (Wildman–Crippen MR) is 132 cm³/mol. The lowest BCUT2D eigenvalue weighted by Gasteiger charge is -2.34. The first-order chi connectivity index (χ1) is 16.4. The van der Waals surface area contributed by atoms with Crippen molar-refractivity contribution in [2.45, 2.75) is 26.4 Å². The zero-order valence-electron chi connectivity index (χ0n) is 19.2. The van der Waals surface area contributed by atoms with Gasteiger partial charge in [-0.05, 0) is 26.0 Å². The highest BCUT2D eigenvalue weighted by molar-refractivity contribution is 6.37. The number of hydrogen-bond acceptors (Lipinski definition) is 6. The van der Waals surface area contributed by atoms with Crippen LogP contribution in [-0.4, -0.2) is 58.1 Å². The quantitative estimate of drug-likeness (QED) is 0.447. The number of piperazine rings is 1. The minimum Gasteiger partial charge on any atom is -0.381 e. The van der Waals surface area contributed by atoms with Crippen molar-refractivity contribution in [1.82, 2.24) is 24.5 Å². The number of rotatable bonds is 5. The molecule has 3 aromatic heterocycles. The second-order valence-electron chi connectivity index (χ2n) is 9.37. The molecule has 10 heteroatoms. The molecule has 4 aromatic rings. The Bertz CT molecular complexity index is 1380. The summed E-state index contributed by atoms with van der Waals surface area (Å²) in [6.45, 7) is 9.01. The van der Waals surface area contributed by atoms with Gasteiger partial charge in [0.25, 0.3) is 0 Å². The summed E-state index contributed by atoms with van der Waals surface area (Å²) in [6, 6.07) is 6.03. The van der Waals surface area contributed by atoms with Crippen LogP contribution in [-0.2, 0) is 11.3 Å². The van der Waals surface area contributed by atoms with Crippen LogP contribution >= 0.6 is 11.6 Å². The van der Waals surface area contributed by atoms with Crippen molar-refractivity contribution in [3.05, 3.63) is 47.1 Å². The van der Waals surface area contributed by atoms with Crippen molar-refractivity contribution in [2.75, 3.05) is 43.1 Å². The maximum Gasteiger partial charge on any atom is 0.173 e. The van der Waals surface area contributed by atoms with E-state index in [1.54, 1.807) is 10.6 Å². The molecule has 0 aliphatic carbocycles. The maximum absolute atomic E-state index is 14.7. The van der Waals surface area contributed by atoms with Crippen molar-refractivity contribution in [3.8, 4) is 0 Å². The van der Waals surface area contributed by atoms with E-state index in [1.807, 2.05) is 23.9 Å². The number of aromatic nitrogens is 4. The van der Waals surface area contributed by atoms with Crippen molar-refractivity contribution in [1.29, 1.82) is 0 Å². The van der Waals surface area contributed by atoms with E-state index in [0.29, 0.717) is 34.1 Å². The first-order valence-electron chi connectivity index (χ1n) is 11.6. The van der Waals surface area contributed by atoms with E-state index in [1.165, 1.54) is 6.07 Å². The molecule has 0 saturated carbocycles. The van der Waals surface area contributed by atoms with Gasteiger partial charge < -0.3 is 24.7 Å². The number of pyridine rings is 1. The Morgan fingerprint density at radius 2 is 2.12 bits per heavy atom. The van der Waals surface area contributed by atoms with Crippen LogP contribution in [0.3, 0.4) is 0 Å². The van der Waals surface area contributed by atoms with E-state index < -0.39 is 5.82 Å². The van der Waals surface area contributed by atoms with Gasteiger partial charge in [-0.3, -0.25) is 4.68 Å². The lowest BCUT2D eigenvalue weighted by molar-refractivity contribution is -0.0402. The first-order valence-corrected chi connectivity index (χ1v) is 12.0. The number of nitrogens with zero attached hydrogens (tertiary/aromatic N) is 5. The van der Waals surface area contributed by atoms with Crippen LogP contribution in [0, 0.1) is 18.7 Å². The Balaban J connectivity index is 1.42. The second kappa shape index (κ2) is 8.41. The topological polar surface area (TPSA) is 71.7 Å². The first kappa shape index (κ1) is 21.6. The average molecular weight is 484 g/mol. The number of imidazole rings is 1. The van der Waals surface area contributed by atoms with Crippen molar-refractivity contribution in [3.63, 3.8) is 0 Å². The van der Waals surface area contributed by atoms with E-state index in [0.717, 1.165) is 61.7 Å². The van der Waals surface area contributed by atoms with E-state index in [-0.39, 0.29) is 0 Å². The van der Waals surface area contributed by atoms with Crippen molar-refractivity contribution in [2.24, 2.45) is 5.92 Å². The minimum atomic E-state index is -0.394. The number of anilines is 3. The summed E-state index contributed by atoms with van der Waals surface area (Å²) in [5, 5.41) is 13.1. The number of hydrogen-bond donors (Lipinski definition) is 2. The molecular formula is C24H27ClFN7O. The van der Waals surface area contributed by atoms with Crippen LogP contribution in [0.2, 0.25) is 5.02 Å². The zero-order chi connectivity index (χ0) is 23.4. The van der Waals surface area contributed by atoms with Crippen LogP contribution in [0.4, 0.5) is 21.6 Å². The Morgan fingerprint density at radius 3 is 2.88 bits per heavy atom. The third-order valence-electron chi connectivity index (χ3n) is 6.55. The van der Waals surface area contributed by atoms with Gasteiger partial charge in [-0.1, -0.05) is 11.6 Å². The SMILES string of the molecule is Cc1cn2cc(Nc3nn(CC4COC4)c4cc(N5CCNC(C)C5)cc(Cl)c34)cc(F)c2n1. The van der Waals surface area contributed by atoms with Gasteiger partial charge in [0.05, 0.1) is 40.5 Å². The highest BCUT2D eigenvalue weighted by Gasteiger charge is 2.24. The van der Waals surface area contributed by atoms with Gasteiger partial charge in [-0.25, -0.2) is 9.37 Å². The number of halogens is 2. The second-order valence-corrected chi connectivity index (χ2v) is 9.78. The van der Waals surface area contributed by atoms with Crippen LogP contribution in [0.15, 0.2) is 30.6 Å². The fourth-order valence-corrected chi connectivity index (χ4v) is 5.13. The highest BCUT2D eigenvalue weighted by atomic mass is 35.5. The fourth-order valence-electron chi connectivity index (χ4n) is 4.84. The molecule has 2 saturated heterocycles. The molecule has 0 spiro atoms. The highest BCUT2D eigenvalue weighted by Crippen LogP contribution is 2.37. The smallest absolute Gasteiger partial charge is 0.173 e. The van der Waals surface area contributed by atoms with Gasteiger partial charge >= 0.3 is 0 Å². The summed E-state index contributed by atoms with van der Waals surface area (Å²) in [5.74, 6) is 0.631. The molecule has 0 bridgehead atoms. The molecule has 1 aromatic carbocycles. The number of nitrogens with one attached hydrogen (secondary N) is 2. The lowest BCUT2D eigenvalue weighted by Crippen LogP contribution is -2.49. The molecule has 2 aliphatic heterocycles. The maximum atomic E-state index is 14.7. The van der Waals surface area contributed by atoms with Crippen LogP contribution in [0.1, 0.15) is 12.6 Å². The van der Waals surface area contributed by atoms with Crippen LogP contribution in [0.25, 0.3) is 16.6 Å². The Hall–Kier alpha value is -2.88. The average Bonchev–Trinajstić information content (AvgIpc) is 3.31. The summed E-state index contributed by atoms with van der Waals surface area (Å²) in [4.78, 5) is 6.59. The van der Waals surface area contributed by atoms with Crippen molar-refractivity contribution >= 4 is 45.3 Å². The summed E-state index contributed by atoms with van der Waals surface area (Å²) in [7, 11) is 0. The van der Waals surface area contributed by atoms with Crippen molar-refractivity contribution < 1.29 is 9.13 Å². The van der Waals surface area contributed by atoms with Crippen LogP contribution < -0.4 is 15.5 Å². The molecule has 1 unspecified atom stereocenters. The Morgan fingerprint density at radius 1 is 1.26 bits per heavy atom. The summed E-state index contributed by atoms with van der Waals surface area (Å²) < 4.78 is 23.7. The van der Waals surface area contributed by atoms with Gasteiger partial charge in [-0.15, -0.1) is 0 Å². The molecule has 2 aliphatic rings. The summed E-state index contributed by atoms with van der Waals surface area (Å²) in [6.07, 6.45) is 3.61. The molecule has 2 fully saturated rings. The molecular weight excluding hydrogens is 457 g/mol. The van der Waals surface area contributed by atoms with Gasteiger partial charge in [0.15, 0.2) is 17.3 Å². The predicted octanol–water partition coefficient (Wildman–Crippen LogP) is 3.97. The molecule has 6 rings (SSSR count). The molecule has 0 radical (unpaired) electrons. The summed E-state index contributed by atoms with van der Waals surface area (Å²) in [5.41, 5.74) is 3.69. The normalized spacial score (nSPS) is 19.2. The van der Waals surface area contributed by atoms with Gasteiger partial charge in [0.1, 0.15) is 0 Å². The Labute approximate surface area is 201 Å². The van der Waals surface area contributed by atoms with E-state index in [4.69, 9.17) is 21.4 Å². The van der Waals surface area contributed by atoms with E-state index in [2.05, 4.69) is 33.5 Å². The third-order valence-corrected chi connectivity index (χ3v) is 6.85. The van der Waals surface area contributed by atoms with Crippen LogP contribution in [0.5, 0.6) is 0 Å². The zero-order valence-corrected chi connectivity index (χ0v) is 19.9. The molecule has 5 heterocycles. The molecule has 1 atom stereocenters. The van der Waals surface area contributed by atoms with E-state index >= 15 is 0 Å². The number of fused-ring (bicyclic) bond motifs is 2. The molecule has 0 amide bonds. The Kier molecular flexibility index (Phi) is 5.35. The number of ether oxygens (including phenoxy) is 1. The number of benzene rings is 1. The molecule has 8 nitrogen and oxygen atoms in total. The molecule has 34 heavy (non-hydrogen) atoms. The molecule has 178 valence electrons. The third kappa shape index (κ3) is 3.87. The lowest BCUT2D eigenvalue weighted by atomic mass is 10.1. The molecule has 2 N–H and O–H groups in total. The van der Waals surface area contributed by atoms with E-state index in [9.17, 15) is 4.39 Å². The number of aryl methyl sites for hydroxylation is 1. The fraction of sp³-hybridized carbons (Fsp3) is 0.417. The largest absolute Gasteiger partial charge is 0.381 e. The monoisotopic (exact) mass is 483 g/mol.